The highest BCUT2D eigenvalue weighted by Gasteiger charge is 2.55. The highest BCUT2D eigenvalue weighted by molar-refractivity contribution is 5.69. The molecule has 0 radical (unpaired) electrons. The average Bonchev–Trinajstić information content (AvgIpc) is 2.96. The van der Waals surface area contributed by atoms with E-state index in [1.807, 2.05) is 12.1 Å². The minimum absolute atomic E-state index is 0.0131. The van der Waals surface area contributed by atoms with Gasteiger partial charge in [0.15, 0.2) is 0 Å². The number of carbonyl (C=O) groups is 1. The molecule has 5 atom stereocenters. The zero-order chi connectivity index (χ0) is 18.3. The van der Waals surface area contributed by atoms with Crippen molar-refractivity contribution in [1.82, 2.24) is 0 Å². The summed E-state index contributed by atoms with van der Waals surface area (Å²) >= 11 is 0. The number of esters is 1. The van der Waals surface area contributed by atoms with Crippen LogP contribution in [0.15, 0.2) is 24.3 Å². The van der Waals surface area contributed by atoms with Gasteiger partial charge in [-0.25, -0.2) is 0 Å². The number of benzene rings is 1. The first kappa shape index (κ1) is 17.6. The summed E-state index contributed by atoms with van der Waals surface area (Å²) in [6, 6.07) is 5.80. The Balaban J connectivity index is 1.53. The molecule has 140 valence electrons. The number of hydrogen-bond acceptors (Lipinski definition) is 3. The van der Waals surface area contributed by atoms with Crippen molar-refractivity contribution >= 4 is 12.0 Å². The Kier molecular flexibility index (Phi) is 4.58. The van der Waals surface area contributed by atoms with Crippen LogP contribution in [0, 0.1) is 17.3 Å². The molecule has 26 heavy (non-hydrogen) atoms. The Morgan fingerprint density at radius 3 is 2.96 bits per heavy atom. The summed E-state index contributed by atoms with van der Waals surface area (Å²) in [5.74, 6) is 1.95. The third-order valence-electron chi connectivity index (χ3n) is 7.22. The molecule has 5 unspecified atom stereocenters. The van der Waals surface area contributed by atoms with Crippen molar-refractivity contribution in [2.75, 3.05) is 0 Å². The number of rotatable bonds is 4. The number of aromatic hydroxyl groups is 1. The van der Waals surface area contributed by atoms with E-state index in [9.17, 15) is 9.90 Å². The number of fused-ring (bicyclic) bond motifs is 5. The minimum atomic E-state index is -0.0131. The highest BCUT2D eigenvalue weighted by Crippen LogP contribution is 2.60. The van der Waals surface area contributed by atoms with Crippen molar-refractivity contribution in [3.63, 3.8) is 0 Å². The summed E-state index contributed by atoms with van der Waals surface area (Å²) < 4.78 is 5.95. The van der Waals surface area contributed by atoms with Crippen LogP contribution >= 0.6 is 0 Å². The van der Waals surface area contributed by atoms with Crippen LogP contribution in [0.2, 0.25) is 0 Å². The molecule has 1 N–H and O–H groups in total. The molecule has 2 saturated carbocycles. The molecule has 0 bridgehead atoms. The molecule has 0 aliphatic heterocycles. The van der Waals surface area contributed by atoms with Crippen LogP contribution < -0.4 is 0 Å². The van der Waals surface area contributed by atoms with Crippen LogP contribution in [0.25, 0.3) is 6.08 Å². The maximum absolute atomic E-state index is 12.2. The quantitative estimate of drug-likeness (QED) is 0.733. The van der Waals surface area contributed by atoms with Gasteiger partial charge in [0, 0.05) is 11.8 Å². The van der Waals surface area contributed by atoms with Gasteiger partial charge in [-0.2, -0.15) is 0 Å². The molecule has 1 aromatic rings. The van der Waals surface area contributed by atoms with E-state index in [4.69, 9.17) is 4.74 Å². The Bertz CT molecular complexity index is 722. The second-order valence-corrected chi connectivity index (χ2v) is 8.67. The smallest absolute Gasteiger partial charge is 0.306 e. The molecular formula is C23H30O3. The number of phenols is 1. The van der Waals surface area contributed by atoms with Crippen molar-refractivity contribution in [2.45, 2.75) is 70.8 Å². The van der Waals surface area contributed by atoms with Gasteiger partial charge in [-0.1, -0.05) is 38.5 Å². The van der Waals surface area contributed by atoms with Gasteiger partial charge >= 0.3 is 5.97 Å². The molecule has 0 spiro atoms. The number of carbonyl (C=O) groups excluding carboxylic acids is 1. The molecule has 4 rings (SSSR count). The van der Waals surface area contributed by atoms with Crippen LogP contribution in [-0.4, -0.2) is 17.2 Å². The van der Waals surface area contributed by atoms with Gasteiger partial charge in [0.05, 0.1) is 0 Å². The van der Waals surface area contributed by atoms with Gasteiger partial charge in [0.25, 0.3) is 0 Å². The summed E-state index contributed by atoms with van der Waals surface area (Å²) in [5.41, 5.74) is 2.64. The average molecular weight is 354 g/mol. The van der Waals surface area contributed by atoms with Crippen LogP contribution in [0.4, 0.5) is 0 Å². The zero-order valence-electron chi connectivity index (χ0n) is 15.9. The van der Waals surface area contributed by atoms with Gasteiger partial charge in [-0.15, -0.1) is 0 Å². The predicted molar refractivity (Wildman–Crippen MR) is 103 cm³/mol. The highest BCUT2D eigenvalue weighted by atomic mass is 16.5. The van der Waals surface area contributed by atoms with E-state index < -0.39 is 0 Å². The third kappa shape index (κ3) is 2.86. The first-order valence-electron chi connectivity index (χ1n) is 10.2. The largest absolute Gasteiger partial charge is 0.508 e. The van der Waals surface area contributed by atoms with Crippen molar-refractivity contribution in [3.8, 4) is 5.75 Å². The minimum Gasteiger partial charge on any atom is -0.508 e. The van der Waals surface area contributed by atoms with Crippen LogP contribution in [0.1, 0.15) is 75.8 Å². The number of allylic oxidation sites excluding steroid dienone is 1. The lowest BCUT2D eigenvalue weighted by Crippen LogP contribution is -2.44. The molecular weight excluding hydrogens is 324 g/mol. The Hall–Kier alpha value is -1.77. The molecule has 0 amide bonds. The van der Waals surface area contributed by atoms with Gasteiger partial charge in [0.1, 0.15) is 11.9 Å². The maximum Gasteiger partial charge on any atom is 0.306 e. The Labute approximate surface area is 156 Å². The van der Waals surface area contributed by atoms with E-state index >= 15 is 0 Å². The lowest BCUT2D eigenvalue weighted by atomic mass is 9.57. The molecule has 3 heteroatoms. The number of hydrogen-bond donors (Lipinski definition) is 1. The van der Waals surface area contributed by atoms with E-state index in [0.717, 1.165) is 44.1 Å². The topological polar surface area (TPSA) is 46.5 Å². The van der Waals surface area contributed by atoms with E-state index in [1.165, 1.54) is 5.56 Å². The summed E-state index contributed by atoms with van der Waals surface area (Å²) in [4.78, 5) is 12.2. The predicted octanol–water partition coefficient (Wildman–Crippen LogP) is 5.43. The lowest BCUT2D eigenvalue weighted by molar-refractivity contribution is -0.157. The SMILES string of the molecule is CCCCC(=O)OC1CCC2C3C=Cc4cc(O)ccc4C3CCC12C. The second-order valence-electron chi connectivity index (χ2n) is 8.67. The van der Waals surface area contributed by atoms with Gasteiger partial charge < -0.3 is 9.84 Å². The fourth-order valence-electron chi connectivity index (χ4n) is 5.77. The van der Waals surface area contributed by atoms with E-state index in [1.54, 1.807) is 0 Å². The molecule has 3 nitrogen and oxygen atoms in total. The fraction of sp³-hybridized carbons (Fsp3) is 0.609. The second kappa shape index (κ2) is 6.75. The standard InChI is InChI=1S/C23H30O3/c1-3-4-5-22(25)26-21-11-10-20-19-8-6-15-14-16(24)7-9-17(15)18(19)12-13-23(20,21)2/h6-9,14,18-21,24H,3-5,10-13H2,1-2H3. The molecule has 0 saturated heterocycles. The van der Waals surface area contributed by atoms with E-state index in [2.05, 4.69) is 32.1 Å². The maximum atomic E-state index is 12.2. The van der Waals surface area contributed by atoms with E-state index in [0.29, 0.717) is 29.9 Å². The number of unbranched alkanes of at least 4 members (excludes halogenated alkanes) is 1. The Morgan fingerprint density at radius 1 is 1.31 bits per heavy atom. The third-order valence-corrected chi connectivity index (χ3v) is 7.22. The molecule has 0 heterocycles. The zero-order valence-corrected chi connectivity index (χ0v) is 15.9. The van der Waals surface area contributed by atoms with Gasteiger partial charge in [-0.05, 0) is 73.1 Å². The Morgan fingerprint density at radius 2 is 2.15 bits per heavy atom. The molecule has 2 fully saturated rings. The molecule has 3 aliphatic carbocycles. The van der Waals surface area contributed by atoms with Crippen molar-refractivity contribution < 1.29 is 14.6 Å². The normalized spacial score (nSPS) is 34.7. The summed E-state index contributed by atoms with van der Waals surface area (Å²) in [7, 11) is 0. The number of ether oxygens (including phenoxy) is 1. The van der Waals surface area contributed by atoms with Gasteiger partial charge in [-0.3, -0.25) is 4.79 Å². The van der Waals surface area contributed by atoms with Crippen LogP contribution in [-0.2, 0) is 9.53 Å². The van der Waals surface area contributed by atoms with Crippen molar-refractivity contribution in [1.29, 1.82) is 0 Å². The fourth-order valence-corrected chi connectivity index (χ4v) is 5.77. The summed E-state index contributed by atoms with van der Waals surface area (Å²) in [6.45, 7) is 4.45. The van der Waals surface area contributed by atoms with Crippen LogP contribution in [0.5, 0.6) is 5.75 Å². The first-order chi connectivity index (χ1) is 12.5. The molecule has 1 aromatic carbocycles. The molecule has 0 aromatic heterocycles. The lowest BCUT2D eigenvalue weighted by Gasteiger charge is -2.48. The first-order valence-corrected chi connectivity index (χ1v) is 10.2. The monoisotopic (exact) mass is 354 g/mol. The van der Waals surface area contributed by atoms with Crippen molar-refractivity contribution in [3.05, 3.63) is 35.4 Å². The van der Waals surface area contributed by atoms with Gasteiger partial charge in [0.2, 0.25) is 0 Å². The molecule has 3 aliphatic rings. The van der Waals surface area contributed by atoms with Crippen molar-refractivity contribution in [2.24, 2.45) is 17.3 Å². The number of phenolic OH excluding ortho intramolecular Hbond substituents is 1. The van der Waals surface area contributed by atoms with Crippen LogP contribution in [0.3, 0.4) is 0 Å². The summed E-state index contributed by atoms with van der Waals surface area (Å²) in [5, 5.41) is 9.77. The summed E-state index contributed by atoms with van der Waals surface area (Å²) in [6.07, 6.45) is 11.5. The van der Waals surface area contributed by atoms with E-state index in [-0.39, 0.29) is 17.5 Å².